The van der Waals surface area contributed by atoms with Gasteiger partial charge in [-0.25, -0.2) is 0 Å². The Balaban J connectivity index is 2.26. The smallest absolute Gasteiger partial charge is 0.119 e. The molecule has 3 nitrogen and oxygen atoms in total. The number of likely N-dealkylation sites (N-methyl/N-ethyl adjacent to an activating group) is 1. The van der Waals surface area contributed by atoms with Crippen LogP contribution in [0.15, 0.2) is 18.2 Å². The van der Waals surface area contributed by atoms with Gasteiger partial charge in [0.15, 0.2) is 0 Å². The molecule has 3 heteroatoms. The lowest BCUT2D eigenvalue weighted by Crippen LogP contribution is -2.24. The van der Waals surface area contributed by atoms with E-state index < -0.39 is 0 Å². The first-order chi connectivity index (χ1) is 8.11. The lowest BCUT2D eigenvalue weighted by atomic mass is 10.1. The van der Waals surface area contributed by atoms with Gasteiger partial charge < -0.3 is 14.7 Å². The van der Waals surface area contributed by atoms with Gasteiger partial charge in [-0.05, 0) is 50.6 Å². The van der Waals surface area contributed by atoms with Crippen LogP contribution in [0, 0.1) is 13.8 Å². The van der Waals surface area contributed by atoms with Crippen LogP contribution in [-0.2, 0) is 0 Å². The molecule has 1 rings (SSSR count). The van der Waals surface area contributed by atoms with Crippen LogP contribution in [0.3, 0.4) is 0 Å². The average Bonchev–Trinajstić information content (AvgIpc) is 2.23. The van der Waals surface area contributed by atoms with Gasteiger partial charge in [0.2, 0.25) is 0 Å². The van der Waals surface area contributed by atoms with E-state index in [1.807, 2.05) is 7.05 Å². The minimum absolute atomic E-state index is 0.217. The molecule has 0 saturated heterocycles. The van der Waals surface area contributed by atoms with Crippen molar-refractivity contribution in [1.82, 2.24) is 4.90 Å². The Hall–Kier alpha value is -1.06. The third kappa shape index (κ3) is 5.71. The van der Waals surface area contributed by atoms with Gasteiger partial charge in [-0.1, -0.05) is 6.07 Å². The standard InChI is InChI=1S/C14H23NO2/c1-12-9-13(2)11-14(10-12)17-8-4-5-15(3)6-7-16/h9-11,16H,4-8H2,1-3H3. The van der Waals surface area contributed by atoms with Crippen LogP contribution in [0.4, 0.5) is 0 Å². The second-order valence-electron chi connectivity index (χ2n) is 4.55. The van der Waals surface area contributed by atoms with Crippen molar-refractivity contribution in [2.75, 3.05) is 33.4 Å². The number of nitrogens with zero attached hydrogens (tertiary/aromatic N) is 1. The zero-order chi connectivity index (χ0) is 12.7. The fourth-order valence-electron chi connectivity index (χ4n) is 1.82. The molecule has 0 heterocycles. The maximum Gasteiger partial charge on any atom is 0.119 e. The van der Waals surface area contributed by atoms with Crippen molar-refractivity contribution >= 4 is 0 Å². The molecule has 17 heavy (non-hydrogen) atoms. The van der Waals surface area contributed by atoms with E-state index in [0.29, 0.717) is 0 Å². The number of ether oxygens (including phenoxy) is 1. The average molecular weight is 237 g/mol. The topological polar surface area (TPSA) is 32.7 Å². The molecule has 1 aromatic carbocycles. The highest BCUT2D eigenvalue weighted by molar-refractivity contribution is 5.32. The zero-order valence-corrected chi connectivity index (χ0v) is 11.1. The quantitative estimate of drug-likeness (QED) is 0.736. The van der Waals surface area contributed by atoms with Crippen molar-refractivity contribution in [3.05, 3.63) is 29.3 Å². The Morgan fingerprint density at radius 2 is 1.76 bits per heavy atom. The van der Waals surface area contributed by atoms with Crippen LogP contribution in [0.2, 0.25) is 0 Å². The van der Waals surface area contributed by atoms with Gasteiger partial charge in [0.25, 0.3) is 0 Å². The maximum absolute atomic E-state index is 8.76. The predicted molar refractivity (Wildman–Crippen MR) is 70.6 cm³/mol. The maximum atomic E-state index is 8.76. The molecule has 0 radical (unpaired) electrons. The van der Waals surface area contributed by atoms with Crippen LogP contribution in [-0.4, -0.2) is 43.4 Å². The Labute approximate surface area is 104 Å². The Morgan fingerprint density at radius 3 is 2.35 bits per heavy atom. The summed E-state index contributed by atoms with van der Waals surface area (Å²) < 4.78 is 5.71. The number of rotatable bonds is 7. The van der Waals surface area contributed by atoms with E-state index in [-0.39, 0.29) is 6.61 Å². The minimum atomic E-state index is 0.217. The van der Waals surface area contributed by atoms with Crippen molar-refractivity contribution in [2.45, 2.75) is 20.3 Å². The first-order valence-corrected chi connectivity index (χ1v) is 6.12. The monoisotopic (exact) mass is 237 g/mol. The van der Waals surface area contributed by atoms with Crippen molar-refractivity contribution in [2.24, 2.45) is 0 Å². The van der Waals surface area contributed by atoms with Crippen LogP contribution >= 0.6 is 0 Å². The molecular weight excluding hydrogens is 214 g/mol. The summed E-state index contributed by atoms with van der Waals surface area (Å²) >= 11 is 0. The molecule has 0 bridgehead atoms. The summed E-state index contributed by atoms with van der Waals surface area (Å²) in [6.45, 7) is 6.77. The van der Waals surface area contributed by atoms with E-state index in [4.69, 9.17) is 9.84 Å². The summed E-state index contributed by atoms with van der Waals surface area (Å²) in [6, 6.07) is 6.26. The van der Waals surface area contributed by atoms with Gasteiger partial charge in [-0.2, -0.15) is 0 Å². The molecule has 0 spiro atoms. The van der Waals surface area contributed by atoms with E-state index in [9.17, 15) is 0 Å². The molecule has 1 aromatic rings. The van der Waals surface area contributed by atoms with E-state index >= 15 is 0 Å². The summed E-state index contributed by atoms with van der Waals surface area (Å²) in [5.41, 5.74) is 2.47. The van der Waals surface area contributed by atoms with Gasteiger partial charge in [0, 0.05) is 13.1 Å². The molecule has 0 atom stereocenters. The Bertz CT molecular complexity index is 319. The van der Waals surface area contributed by atoms with E-state index in [2.05, 4.69) is 36.9 Å². The molecule has 0 aliphatic carbocycles. The number of aliphatic hydroxyl groups excluding tert-OH is 1. The van der Waals surface area contributed by atoms with Gasteiger partial charge in [0.05, 0.1) is 13.2 Å². The molecule has 0 saturated carbocycles. The normalized spacial score (nSPS) is 10.9. The van der Waals surface area contributed by atoms with Crippen LogP contribution in [0.25, 0.3) is 0 Å². The molecule has 0 amide bonds. The second kappa shape index (κ2) is 7.30. The van der Waals surface area contributed by atoms with Crippen LogP contribution in [0.1, 0.15) is 17.5 Å². The Morgan fingerprint density at radius 1 is 1.12 bits per heavy atom. The third-order valence-corrected chi connectivity index (χ3v) is 2.63. The summed E-state index contributed by atoms with van der Waals surface area (Å²) in [6.07, 6.45) is 0.976. The lowest BCUT2D eigenvalue weighted by molar-refractivity contribution is 0.207. The van der Waals surface area contributed by atoms with Crippen LogP contribution < -0.4 is 4.74 Å². The van der Waals surface area contributed by atoms with Gasteiger partial charge in [-0.15, -0.1) is 0 Å². The highest BCUT2D eigenvalue weighted by atomic mass is 16.5. The van der Waals surface area contributed by atoms with Crippen molar-refractivity contribution in [3.63, 3.8) is 0 Å². The molecule has 0 unspecified atom stereocenters. The fraction of sp³-hybridized carbons (Fsp3) is 0.571. The van der Waals surface area contributed by atoms with Crippen molar-refractivity contribution < 1.29 is 9.84 Å². The SMILES string of the molecule is Cc1cc(C)cc(OCCCN(C)CCO)c1. The van der Waals surface area contributed by atoms with E-state index in [1.54, 1.807) is 0 Å². The van der Waals surface area contributed by atoms with Gasteiger partial charge >= 0.3 is 0 Å². The third-order valence-electron chi connectivity index (χ3n) is 2.63. The highest BCUT2D eigenvalue weighted by Crippen LogP contribution is 2.16. The molecule has 0 aliphatic heterocycles. The number of hydrogen-bond acceptors (Lipinski definition) is 3. The van der Waals surface area contributed by atoms with Crippen molar-refractivity contribution in [3.8, 4) is 5.75 Å². The molecular formula is C14H23NO2. The number of hydrogen-bond donors (Lipinski definition) is 1. The first kappa shape index (κ1) is 14.0. The highest BCUT2D eigenvalue weighted by Gasteiger charge is 1.99. The number of aliphatic hydroxyl groups is 1. The second-order valence-corrected chi connectivity index (χ2v) is 4.55. The summed E-state index contributed by atoms with van der Waals surface area (Å²) in [7, 11) is 2.01. The predicted octanol–water partition coefficient (Wildman–Crippen LogP) is 2.00. The van der Waals surface area contributed by atoms with E-state index in [0.717, 1.165) is 31.9 Å². The van der Waals surface area contributed by atoms with Gasteiger partial charge in [-0.3, -0.25) is 0 Å². The van der Waals surface area contributed by atoms with Gasteiger partial charge in [0.1, 0.15) is 5.75 Å². The van der Waals surface area contributed by atoms with Crippen molar-refractivity contribution in [1.29, 1.82) is 0 Å². The molecule has 1 N–H and O–H groups in total. The Kier molecular flexibility index (Phi) is 6.01. The minimum Gasteiger partial charge on any atom is -0.494 e. The van der Waals surface area contributed by atoms with E-state index in [1.165, 1.54) is 11.1 Å². The zero-order valence-electron chi connectivity index (χ0n) is 11.1. The number of aryl methyl sites for hydroxylation is 2. The molecule has 0 aliphatic rings. The summed E-state index contributed by atoms with van der Waals surface area (Å²) in [5.74, 6) is 0.951. The summed E-state index contributed by atoms with van der Waals surface area (Å²) in [4.78, 5) is 2.10. The molecule has 0 fully saturated rings. The lowest BCUT2D eigenvalue weighted by Gasteiger charge is -2.15. The summed E-state index contributed by atoms with van der Waals surface area (Å²) in [5, 5.41) is 8.76. The fourth-order valence-corrected chi connectivity index (χ4v) is 1.82. The first-order valence-electron chi connectivity index (χ1n) is 6.12. The largest absolute Gasteiger partial charge is 0.494 e. The molecule has 96 valence electrons. The number of benzene rings is 1. The molecule has 0 aromatic heterocycles. The van der Waals surface area contributed by atoms with Crippen LogP contribution in [0.5, 0.6) is 5.75 Å².